The van der Waals surface area contributed by atoms with Crippen molar-refractivity contribution in [3.8, 4) is 0 Å². The van der Waals surface area contributed by atoms with Gasteiger partial charge in [-0.3, -0.25) is 4.79 Å². The molecule has 17 heavy (non-hydrogen) atoms. The number of nitrogens with one attached hydrogen (secondary N) is 1. The molecule has 0 saturated carbocycles. The standard InChI is InChI=1S/C13H18N2O2/c1-2-17-13(16)10-15-9-5-8-14-11-6-3-4-7-12(11)15/h3-4,6-7,14H,2,5,8-10H2,1H3. The van der Waals surface area contributed by atoms with Crippen LogP contribution in [-0.2, 0) is 9.53 Å². The number of para-hydroxylation sites is 2. The molecule has 0 radical (unpaired) electrons. The summed E-state index contributed by atoms with van der Waals surface area (Å²) < 4.78 is 5.00. The summed E-state index contributed by atoms with van der Waals surface area (Å²) in [6.45, 7) is 4.41. The normalized spacial score (nSPS) is 14.5. The van der Waals surface area contributed by atoms with Crippen molar-refractivity contribution in [2.45, 2.75) is 13.3 Å². The molecular formula is C13H18N2O2. The lowest BCUT2D eigenvalue weighted by Gasteiger charge is -2.23. The number of benzene rings is 1. The average Bonchev–Trinajstić information content (AvgIpc) is 2.53. The molecule has 1 heterocycles. The maximum Gasteiger partial charge on any atom is 0.325 e. The van der Waals surface area contributed by atoms with Crippen molar-refractivity contribution < 1.29 is 9.53 Å². The summed E-state index contributed by atoms with van der Waals surface area (Å²) in [5, 5.41) is 3.37. The minimum Gasteiger partial charge on any atom is -0.465 e. The third-order valence-electron chi connectivity index (χ3n) is 2.79. The number of fused-ring (bicyclic) bond motifs is 1. The average molecular weight is 234 g/mol. The van der Waals surface area contributed by atoms with E-state index >= 15 is 0 Å². The van der Waals surface area contributed by atoms with Crippen molar-refractivity contribution in [1.29, 1.82) is 0 Å². The Morgan fingerprint density at radius 2 is 2.29 bits per heavy atom. The molecule has 0 saturated heterocycles. The number of nitrogens with zero attached hydrogens (tertiary/aromatic N) is 1. The number of hydrogen-bond donors (Lipinski definition) is 1. The highest BCUT2D eigenvalue weighted by Crippen LogP contribution is 2.27. The summed E-state index contributed by atoms with van der Waals surface area (Å²) in [6.07, 6.45) is 1.02. The van der Waals surface area contributed by atoms with Crippen LogP contribution in [-0.4, -0.2) is 32.2 Å². The smallest absolute Gasteiger partial charge is 0.325 e. The maximum atomic E-state index is 11.5. The van der Waals surface area contributed by atoms with Crippen molar-refractivity contribution in [1.82, 2.24) is 0 Å². The van der Waals surface area contributed by atoms with Gasteiger partial charge in [0.05, 0.1) is 18.0 Å². The van der Waals surface area contributed by atoms with E-state index in [9.17, 15) is 4.79 Å². The number of rotatable bonds is 3. The number of anilines is 2. The second-order valence-corrected chi connectivity index (χ2v) is 4.02. The van der Waals surface area contributed by atoms with Gasteiger partial charge in [0.1, 0.15) is 6.54 Å². The first-order valence-corrected chi connectivity index (χ1v) is 6.04. The lowest BCUT2D eigenvalue weighted by Crippen LogP contribution is -2.31. The molecule has 1 aromatic rings. The maximum absolute atomic E-state index is 11.5. The molecule has 4 nitrogen and oxygen atoms in total. The van der Waals surface area contributed by atoms with Crippen LogP contribution in [0.1, 0.15) is 13.3 Å². The molecule has 0 fully saturated rings. The van der Waals surface area contributed by atoms with Gasteiger partial charge in [0, 0.05) is 13.1 Å². The quantitative estimate of drug-likeness (QED) is 0.811. The molecule has 4 heteroatoms. The highest BCUT2D eigenvalue weighted by molar-refractivity contribution is 5.79. The van der Waals surface area contributed by atoms with Gasteiger partial charge in [0.2, 0.25) is 0 Å². The van der Waals surface area contributed by atoms with Crippen LogP contribution in [0.15, 0.2) is 24.3 Å². The van der Waals surface area contributed by atoms with Crippen LogP contribution < -0.4 is 10.2 Å². The zero-order valence-electron chi connectivity index (χ0n) is 10.1. The fourth-order valence-electron chi connectivity index (χ4n) is 2.04. The first kappa shape index (κ1) is 11.8. The molecule has 0 bridgehead atoms. The Labute approximate surface area is 102 Å². The Bertz CT molecular complexity index is 393. The molecule has 1 N–H and O–H groups in total. The second-order valence-electron chi connectivity index (χ2n) is 4.02. The predicted octanol–water partition coefficient (Wildman–Crippen LogP) is 1.87. The molecule has 0 aromatic heterocycles. The SMILES string of the molecule is CCOC(=O)CN1CCCNc2ccccc21. The highest BCUT2D eigenvalue weighted by Gasteiger charge is 2.17. The minimum atomic E-state index is -0.163. The van der Waals surface area contributed by atoms with Gasteiger partial charge in [-0.05, 0) is 25.5 Å². The van der Waals surface area contributed by atoms with Gasteiger partial charge in [-0.2, -0.15) is 0 Å². The van der Waals surface area contributed by atoms with Gasteiger partial charge in [-0.25, -0.2) is 0 Å². The van der Waals surface area contributed by atoms with Gasteiger partial charge in [0.25, 0.3) is 0 Å². The van der Waals surface area contributed by atoms with E-state index in [-0.39, 0.29) is 5.97 Å². The monoisotopic (exact) mass is 234 g/mol. The molecule has 0 aliphatic carbocycles. The van der Waals surface area contributed by atoms with E-state index in [4.69, 9.17) is 4.74 Å². The molecule has 0 unspecified atom stereocenters. The number of esters is 1. The summed E-state index contributed by atoms with van der Waals surface area (Å²) in [4.78, 5) is 13.6. The Kier molecular flexibility index (Phi) is 3.85. The summed E-state index contributed by atoms with van der Waals surface area (Å²) >= 11 is 0. The topological polar surface area (TPSA) is 41.6 Å². The first-order chi connectivity index (χ1) is 8.31. The fourth-order valence-corrected chi connectivity index (χ4v) is 2.04. The van der Waals surface area contributed by atoms with Crippen molar-refractivity contribution in [3.05, 3.63) is 24.3 Å². The zero-order valence-corrected chi connectivity index (χ0v) is 10.1. The van der Waals surface area contributed by atoms with Crippen LogP contribution in [0.4, 0.5) is 11.4 Å². The van der Waals surface area contributed by atoms with E-state index in [0.29, 0.717) is 13.2 Å². The van der Waals surface area contributed by atoms with Crippen molar-refractivity contribution in [2.75, 3.05) is 36.5 Å². The van der Waals surface area contributed by atoms with Gasteiger partial charge < -0.3 is 15.0 Å². The Hall–Kier alpha value is -1.71. The van der Waals surface area contributed by atoms with Crippen LogP contribution in [0.2, 0.25) is 0 Å². The van der Waals surface area contributed by atoms with Crippen LogP contribution in [0, 0.1) is 0 Å². The van der Waals surface area contributed by atoms with E-state index in [0.717, 1.165) is 30.9 Å². The molecule has 1 aromatic carbocycles. The van der Waals surface area contributed by atoms with Crippen LogP contribution in [0.3, 0.4) is 0 Å². The van der Waals surface area contributed by atoms with E-state index in [1.54, 1.807) is 0 Å². The van der Waals surface area contributed by atoms with E-state index < -0.39 is 0 Å². The molecule has 92 valence electrons. The van der Waals surface area contributed by atoms with E-state index in [1.807, 2.05) is 31.2 Å². The molecule has 0 amide bonds. The predicted molar refractivity (Wildman–Crippen MR) is 68.4 cm³/mol. The van der Waals surface area contributed by atoms with Gasteiger partial charge in [0.15, 0.2) is 0 Å². The summed E-state index contributed by atoms with van der Waals surface area (Å²) in [7, 11) is 0. The number of ether oxygens (including phenoxy) is 1. The Morgan fingerprint density at radius 1 is 1.47 bits per heavy atom. The number of carbonyl (C=O) groups excluding carboxylic acids is 1. The van der Waals surface area contributed by atoms with Crippen LogP contribution in [0.25, 0.3) is 0 Å². The number of carbonyl (C=O) groups is 1. The fraction of sp³-hybridized carbons (Fsp3) is 0.462. The number of hydrogen-bond acceptors (Lipinski definition) is 4. The summed E-state index contributed by atoms with van der Waals surface area (Å²) in [6, 6.07) is 8.06. The lowest BCUT2D eigenvalue weighted by molar-refractivity contribution is -0.141. The summed E-state index contributed by atoms with van der Waals surface area (Å²) in [5.74, 6) is -0.163. The van der Waals surface area contributed by atoms with Gasteiger partial charge in [-0.15, -0.1) is 0 Å². The second kappa shape index (κ2) is 5.57. The van der Waals surface area contributed by atoms with Crippen LogP contribution >= 0.6 is 0 Å². The molecule has 1 aliphatic heterocycles. The largest absolute Gasteiger partial charge is 0.465 e. The lowest BCUT2D eigenvalue weighted by atomic mass is 10.2. The van der Waals surface area contributed by atoms with Crippen molar-refractivity contribution >= 4 is 17.3 Å². The van der Waals surface area contributed by atoms with Gasteiger partial charge >= 0.3 is 5.97 Å². The van der Waals surface area contributed by atoms with Crippen molar-refractivity contribution in [3.63, 3.8) is 0 Å². The Morgan fingerprint density at radius 3 is 3.12 bits per heavy atom. The first-order valence-electron chi connectivity index (χ1n) is 6.04. The van der Waals surface area contributed by atoms with Crippen LogP contribution in [0.5, 0.6) is 0 Å². The highest BCUT2D eigenvalue weighted by atomic mass is 16.5. The minimum absolute atomic E-state index is 0.163. The molecule has 2 rings (SSSR count). The zero-order chi connectivity index (χ0) is 12.1. The summed E-state index contributed by atoms with van der Waals surface area (Å²) in [5.41, 5.74) is 2.17. The van der Waals surface area contributed by atoms with Crippen molar-refractivity contribution in [2.24, 2.45) is 0 Å². The Balaban J connectivity index is 2.14. The molecule has 1 aliphatic rings. The third kappa shape index (κ3) is 2.90. The molecule has 0 spiro atoms. The van der Waals surface area contributed by atoms with E-state index in [2.05, 4.69) is 10.2 Å². The molecule has 0 atom stereocenters. The third-order valence-corrected chi connectivity index (χ3v) is 2.79. The molecular weight excluding hydrogens is 216 g/mol. The van der Waals surface area contributed by atoms with E-state index in [1.165, 1.54) is 0 Å². The van der Waals surface area contributed by atoms with Gasteiger partial charge in [-0.1, -0.05) is 12.1 Å².